The molecule has 0 bridgehead atoms. The minimum atomic E-state index is 0.659. The number of benzene rings is 1. The van der Waals surface area contributed by atoms with Crippen molar-refractivity contribution in [3.8, 4) is 0 Å². The number of hydrogen-bond acceptors (Lipinski definition) is 3. The Hall–Kier alpha value is -1.48. The topological polar surface area (TPSA) is 38.1 Å². The zero-order valence-corrected chi connectivity index (χ0v) is 9.08. The summed E-state index contributed by atoms with van der Waals surface area (Å²) in [5, 5.41) is 7.56. The number of anilines is 1. The van der Waals surface area contributed by atoms with Crippen molar-refractivity contribution in [2.24, 2.45) is 0 Å². The largest absolute Gasteiger partial charge is 0.380 e. The summed E-state index contributed by atoms with van der Waals surface area (Å²) in [6.07, 6.45) is 3.28. The third-order valence-corrected chi connectivity index (χ3v) is 2.40. The van der Waals surface area contributed by atoms with Gasteiger partial charge in [-0.25, -0.2) is 0 Å². The maximum absolute atomic E-state index is 6.07. The summed E-state index contributed by atoms with van der Waals surface area (Å²) in [5.41, 5.74) is 3.06. The highest BCUT2D eigenvalue weighted by Gasteiger charge is 2.00. The van der Waals surface area contributed by atoms with Crippen LogP contribution in [0.15, 0.2) is 35.2 Å². The van der Waals surface area contributed by atoms with Crippen molar-refractivity contribution >= 4 is 17.3 Å². The van der Waals surface area contributed by atoms with Gasteiger partial charge in [0.05, 0.1) is 16.9 Å². The second-order valence-electron chi connectivity index (χ2n) is 3.37. The van der Waals surface area contributed by atoms with Gasteiger partial charge in [-0.2, -0.15) is 0 Å². The van der Waals surface area contributed by atoms with Gasteiger partial charge in [0.25, 0.3) is 0 Å². The van der Waals surface area contributed by atoms with E-state index < -0.39 is 0 Å². The van der Waals surface area contributed by atoms with Crippen LogP contribution in [0.5, 0.6) is 0 Å². The van der Waals surface area contributed by atoms with Crippen LogP contribution in [0.3, 0.4) is 0 Å². The summed E-state index contributed by atoms with van der Waals surface area (Å²) in [7, 11) is 0. The van der Waals surface area contributed by atoms with E-state index in [0.29, 0.717) is 6.54 Å². The normalized spacial score (nSPS) is 10.3. The molecule has 0 aliphatic carbocycles. The van der Waals surface area contributed by atoms with Crippen LogP contribution in [0.4, 0.5) is 5.69 Å². The highest BCUT2D eigenvalue weighted by atomic mass is 35.5. The number of nitrogens with zero attached hydrogens (tertiary/aromatic N) is 1. The van der Waals surface area contributed by atoms with Crippen molar-refractivity contribution in [2.75, 3.05) is 5.32 Å². The third kappa shape index (κ3) is 2.50. The maximum atomic E-state index is 6.07. The zero-order chi connectivity index (χ0) is 10.7. The number of aryl methyl sites for hydroxylation is 1. The van der Waals surface area contributed by atoms with E-state index in [4.69, 9.17) is 16.1 Å². The Morgan fingerprint density at radius 1 is 1.47 bits per heavy atom. The Labute approximate surface area is 93.0 Å². The molecule has 0 amide bonds. The van der Waals surface area contributed by atoms with E-state index in [1.54, 1.807) is 12.5 Å². The minimum Gasteiger partial charge on any atom is -0.380 e. The van der Waals surface area contributed by atoms with Gasteiger partial charge in [-0.05, 0) is 24.6 Å². The van der Waals surface area contributed by atoms with Crippen molar-refractivity contribution in [3.63, 3.8) is 0 Å². The zero-order valence-electron chi connectivity index (χ0n) is 8.33. The number of hydrogen-bond donors (Lipinski definition) is 1. The fourth-order valence-electron chi connectivity index (χ4n) is 1.27. The molecule has 4 heteroatoms. The van der Waals surface area contributed by atoms with Crippen LogP contribution in [0.1, 0.15) is 11.1 Å². The van der Waals surface area contributed by atoms with Gasteiger partial charge in [0, 0.05) is 12.1 Å². The Bertz CT molecular complexity index is 440. The molecular weight excluding hydrogens is 212 g/mol. The van der Waals surface area contributed by atoms with Crippen molar-refractivity contribution < 1.29 is 4.52 Å². The van der Waals surface area contributed by atoms with E-state index >= 15 is 0 Å². The highest BCUT2D eigenvalue weighted by Crippen LogP contribution is 2.23. The quantitative estimate of drug-likeness (QED) is 0.867. The lowest BCUT2D eigenvalue weighted by Crippen LogP contribution is -1.98. The van der Waals surface area contributed by atoms with Crippen molar-refractivity contribution in [1.82, 2.24) is 5.16 Å². The molecule has 0 atom stereocenters. The molecule has 0 fully saturated rings. The molecule has 3 nitrogen and oxygen atoms in total. The van der Waals surface area contributed by atoms with Crippen LogP contribution in [-0.4, -0.2) is 5.16 Å². The highest BCUT2D eigenvalue weighted by molar-refractivity contribution is 6.33. The lowest BCUT2D eigenvalue weighted by atomic mass is 10.2. The summed E-state index contributed by atoms with van der Waals surface area (Å²) in [6, 6.07) is 5.91. The van der Waals surface area contributed by atoms with Gasteiger partial charge in [0.2, 0.25) is 0 Å². The number of aromatic nitrogens is 1. The first-order valence-electron chi connectivity index (χ1n) is 4.64. The van der Waals surface area contributed by atoms with Crippen molar-refractivity contribution in [3.05, 3.63) is 46.8 Å². The number of rotatable bonds is 3. The molecule has 0 spiro atoms. The minimum absolute atomic E-state index is 0.659. The molecule has 2 aromatic rings. The van der Waals surface area contributed by atoms with Crippen molar-refractivity contribution in [2.45, 2.75) is 13.5 Å². The van der Waals surface area contributed by atoms with Crippen LogP contribution in [0, 0.1) is 6.92 Å². The van der Waals surface area contributed by atoms with Gasteiger partial charge >= 0.3 is 0 Å². The van der Waals surface area contributed by atoms with Gasteiger partial charge in [-0.1, -0.05) is 22.8 Å². The first kappa shape index (κ1) is 10.1. The smallest absolute Gasteiger partial charge is 0.128 e. The lowest BCUT2D eigenvalue weighted by Gasteiger charge is -2.07. The predicted molar refractivity (Wildman–Crippen MR) is 60.0 cm³/mol. The van der Waals surface area contributed by atoms with E-state index in [9.17, 15) is 0 Å². The van der Waals surface area contributed by atoms with Crippen LogP contribution >= 0.6 is 11.6 Å². The molecule has 1 aromatic carbocycles. The third-order valence-electron chi connectivity index (χ3n) is 2.09. The SMILES string of the molecule is Cc1ccc(NCc2cnoc2)c(Cl)c1. The number of halogens is 1. The standard InChI is InChI=1S/C11H11ClN2O/c1-8-2-3-11(10(12)4-8)13-5-9-6-14-15-7-9/h2-4,6-7,13H,5H2,1H3. The number of nitrogens with one attached hydrogen (secondary N) is 1. The van der Waals surface area contributed by atoms with E-state index in [1.807, 2.05) is 25.1 Å². The molecule has 0 unspecified atom stereocenters. The summed E-state index contributed by atoms with van der Waals surface area (Å²) in [5.74, 6) is 0. The van der Waals surface area contributed by atoms with Crippen LogP contribution in [-0.2, 0) is 6.54 Å². The van der Waals surface area contributed by atoms with Gasteiger partial charge in [-0.3, -0.25) is 0 Å². The molecule has 78 valence electrons. The fourth-order valence-corrected chi connectivity index (χ4v) is 1.58. The van der Waals surface area contributed by atoms with E-state index in [0.717, 1.165) is 21.8 Å². The van der Waals surface area contributed by atoms with E-state index in [2.05, 4.69) is 10.5 Å². The van der Waals surface area contributed by atoms with Crippen LogP contribution < -0.4 is 5.32 Å². The average Bonchev–Trinajstić information content (AvgIpc) is 2.69. The molecule has 0 saturated heterocycles. The Balaban J connectivity index is 2.05. The fraction of sp³-hybridized carbons (Fsp3) is 0.182. The molecule has 1 aromatic heterocycles. The predicted octanol–water partition coefficient (Wildman–Crippen LogP) is 3.25. The van der Waals surface area contributed by atoms with Crippen molar-refractivity contribution in [1.29, 1.82) is 0 Å². The average molecular weight is 223 g/mol. The van der Waals surface area contributed by atoms with Gasteiger partial charge in [-0.15, -0.1) is 0 Å². The first-order valence-corrected chi connectivity index (χ1v) is 5.02. The summed E-state index contributed by atoms with van der Waals surface area (Å²) in [4.78, 5) is 0. The van der Waals surface area contributed by atoms with Crippen LogP contribution in [0.2, 0.25) is 5.02 Å². The molecule has 15 heavy (non-hydrogen) atoms. The van der Waals surface area contributed by atoms with Gasteiger partial charge < -0.3 is 9.84 Å². The Morgan fingerprint density at radius 2 is 2.33 bits per heavy atom. The Morgan fingerprint density at radius 3 is 3.00 bits per heavy atom. The monoisotopic (exact) mass is 222 g/mol. The molecule has 0 aliphatic heterocycles. The maximum Gasteiger partial charge on any atom is 0.128 e. The molecule has 0 radical (unpaired) electrons. The van der Waals surface area contributed by atoms with Gasteiger partial charge in [0.1, 0.15) is 6.26 Å². The molecule has 0 saturated carbocycles. The van der Waals surface area contributed by atoms with E-state index in [-0.39, 0.29) is 0 Å². The molecule has 0 aliphatic rings. The van der Waals surface area contributed by atoms with Gasteiger partial charge in [0.15, 0.2) is 0 Å². The van der Waals surface area contributed by atoms with Crippen LogP contribution in [0.25, 0.3) is 0 Å². The first-order chi connectivity index (χ1) is 7.25. The molecule has 1 N–H and O–H groups in total. The molecular formula is C11H11ClN2O. The Kier molecular flexibility index (Phi) is 2.92. The van der Waals surface area contributed by atoms with E-state index in [1.165, 1.54) is 0 Å². The lowest BCUT2D eigenvalue weighted by molar-refractivity contribution is 0.419. The summed E-state index contributed by atoms with van der Waals surface area (Å²) >= 11 is 6.07. The summed E-state index contributed by atoms with van der Waals surface area (Å²) < 4.78 is 4.73. The molecule has 2 rings (SSSR count). The second-order valence-corrected chi connectivity index (χ2v) is 3.78. The second kappa shape index (κ2) is 4.36. The summed E-state index contributed by atoms with van der Waals surface area (Å²) in [6.45, 7) is 2.67. The molecule has 1 heterocycles.